The molecule has 0 aliphatic heterocycles. The maximum Gasteiger partial charge on any atom is 0.296 e. The van der Waals surface area contributed by atoms with Crippen LogP contribution in [0.15, 0.2) is 12.1 Å². The van der Waals surface area contributed by atoms with Gasteiger partial charge in [-0.05, 0) is 19.4 Å². The van der Waals surface area contributed by atoms with Gasteiger partial charge in [-0.3, -0.25) is 14.8 Å². The van der Waals surface area contributed by atoms with E-state index in [9.17, 15) is 10.1 Å². The van der Waals surface area contributed by atoms with E-state index in [2.05, 4.69) is 12.0 Å². The van der Waals surface area contributed by atoms with Crippen molar-refractivity contribution in [3.63, 3.8) is 0 Å². The lowest BCUT2D eigenvalue weighted by Gasteiger charge is -2.03. The van der Waals surface area contributed by atoms with Crippen LogP contribution in [0.25, 0.3) is 10.9 Å². The first kappa shape index (κ1) is 12.8. The third kappa shape index (κ3) is 2.18. The topological polar surface area (TPSA) is 61.0 Å². The average Bonchev–Trinajstić information content (AvgIpc) is 2.62. The predicted octanol–water partition coefficient (Wildman–Crippen LogP) is 3.71. The van der Waals surface area contributed by atoms with Crippen LogP contribution in [0, 0.1) is 17.0 Å². The van der Waals surface area contributed by atoms with E-state index in [4.69, 9.17) is 11.6 Å². The van der Waals surface area contributed by atoms with Crippen molar-refractivity contribution in [2.75, 3.05) is 0 Å². The molecule has 0 N–H and O–H groups in total. The van der Waals surface area contributed by atoms with Gasteiger partial charge in [0.25, 0.3) is 5.69 Å². The smallest absolute Gasteiger partial charge is 0.258 e. The minimum Gasteiger partial charge on any atom is -0.258 e. The molecule has 0 atom stereocenters. The minimum atomic E-state index is -0.405. The van der Waals surface area contributed by atoms with Gasteiger partial charge < -0.3 is 0 Å². The van der Waals surface area contributed by atoms with Gasteiger partial charge in [-0.15, -0.1) is 0 Å². The van der Waals surface area contributed by atoms with Crippen LogP contribution < -0.4 is 0 Å². The summed E-state index contributed by atoms with van der Waals surface area (Å²) in [6.07, 6.45) is 1.96. The predicted molar refractivity (Wildman–Crippen MR) is 71.0 cm³/mol. The number of fused-ring (bicyclic) bond motifs is 1. The summed E-state index contributed by atoms with van der Waals surface area (Å²) in [7, 11) is 0. The molecule has 6 heteroatoms. The summed E-state index contributed by atoms with van der Waals surface area (Å²) in [5.41, 5.74) is 1.36. The minimum absolute atomic E-state index is 0.0224. The van der Waals surface area contributed by atoms with Crippen LogP contribution >= 0.6 is 11.6 Å². The fourth-order valence-electron chi connectivity index (χ4n) is 2.03. The lowest BCUT2D eigenvalue weighted by Crippen LogP contribution is -2.02. The van der Waals surface area contributed by atoms with Crippen LogP contribution in [0.1, 0.15) is 25.5 Å². The summed E-state index contributed by atoms with van der Waals surface area (Å²) in [6.45, 7) is 4.60. The first-order valence-corrected chi connectivity index (χ1v) is 6.23. The normalized spacial score (nSPS) is 11.1. The Kier molecular flexibility index (Phi) is 3.52. The van der Waals surface area contributed by atoms with Crippen molar-refractivity contribution in [3.8, 4) is 0 Å². The van der Waals surface area contributed by atoms with Gasteiger partial charge in [0, 0.05) is 23.0 Å². The van der Waals surface area contributed by atoms with Gasteiger partial charge in [-0.1, -0.05) is 24.9 Å². The third-order valence-corrected chi connectivity index (χ3v) is 3.11. The fourth-order valence-corrected chi connectivity index (χ4v) is 2.24. The summed E-state index contributed by atoms with van der Waals surface area (Å²) >= 11 is 5.91. The summed E-state index contributed by atoms with van der Waals surface area (Å²) in [5.74, 6) is 0. The molecule has 18 heavy (non-hydrogen) atoms. The number of hydrogen-bond donors (Lipinski definition) is 0. The lowest BCUT2D eigenvalue weighted by atomic mass is 10.2. The second-order valence-corrected chi connectivity index (χ2v) is 4.68. The third-order valence-electron chi connectivity index (χ3n) is 2.89. The van der Waals surface area contributed by atoms with E-state index in [1.54, 1.807) is 10.7 Å². The van der Waals surface area contributed by atoms with Crippen molar-refractivity contribution in [2.45, 2.75) is 33.2 Å². The second kappa shape index (κ2) is 4.94. The quantitative estimate of drug-likeness (QED) is 0.627. The highest BCUT2D eigenvalue weighted by Crippen LogP contribution is 2.31. The molecule has 0 aliphatic carbocycles. The Bertz CT molecular complexity index is 607. The summed E-state index contributed by atoms with van der Waals surface area (Å²) < 4.78 is 1.71. The summed E-state index contributed by atoms with van der Waals surface area (Å²) in [4.78, 5) is 10.7. The fraction of sp³-hybridized carbons (Fsp3) is 0.417. The molecular formula is C12H14ClN3O2. The largest absolute Gasteiger partial charge is 0.296 e. The number of unbranched alkanes of at least 4 members (excludes halogenated alkanes) is 1. The number of rotatable bonds is 4. The molecule has 5 nitrogen and oxygen atoms in total. The molecule has 0 bridgehead atoms. The van der Waals surface area contributed by atoms with Gasteiger partial charge in [0.1, 0.15) is 5.52 Å². The van der Waals surface area contributed by atoms with Crippen LogP contribution in [0.4, 0.5) is 5.69 Å². The Balaban J connectivity index is 2.69. The van der Waals surface area contributed by atoms with Crippen LogP contribution in [-0.2, 0) is 6.54 Å². The van der Waals surface area contributed by atoms with Crippen molar-refractivity contribution in [2.24, 2.45) is 0 Å². The van der Waals surface area contributed by atoms with Crippen molar-refractivity contribution < 1.29 is 4.92 Å². The zero-order valence-electron chi connectivity index (χ0n) is 10.3. The van der Waals surface area contributed by atoms with Crippen LogP contribution in [0.2, 0.25) is 5.02 Å². The zero-order chi connectivity index (χ0) is 13.3. The molecule has 1 aromatic heterocycles. The van der Waals surface area contributed by atoms with Crippen LogP contribution in [-0.4, -0.2) is 14.7 Å². The summed E-state index contributed by atoms with van der Waals surface area (Å²) in [5, 5.41) is 16.6. The van der Waals surface area contributed by atoms with Crippen molar-refractivity contribution in [3.05, 3.63) is 33.0 Å². The lowest BCUT2D eigenvalue weighted by molar-refractivity contribution is -0.383. The average molecular weight is 268 g/mol. The second-order valence-electron chi connectivity index (χ2n) is 4.24. The molecule has 0 spiro atoms. The van der Waals surface area contributed by atoms with E-state index < -0.39 is 4.92 Å². The van der Waals surface area contributed by atoms with Crippen molar-refractivity contribution in [1.82, 2.24) is 9.78 Å². The highest BCUT2D eigenvalue weighted by atomic mass is 35.5. The first-order valence-electron chi connectivity index (χ1n) is 5.85. The molecule has 2 rings (SSSR count). The highest BCUT2D eigenvalue weighted by molar-refractivity contribution is 6.31. The van der Waals surface area contributed by atoms with Crippen molar-refractivity contribution >= 4 is 28.2 Å². The molecule has 0 saturated carbocycles. The molecule has 0 radical (unpaired) electrons. The maximum absolute atomic E-state index is 11.1. The van der Waals surface area contributed by atoms with E-state index in [1.807, 2.05) is 6.92 Å². The zero-order valence-corrected chi connectivity index (χ0v) is 11.1. The Hall–Kier alpha value is -1.62. The number of non-ortho nitro benzene ring substituents is 1. The van der Waals surface area contributed by atoms with Gasteiger partial charge in [-0.25, -0.2) is 0 Å². The van der Waals surface area contributed by atoms with Crippen LogP contribution in [0.5, 0.6) is 0 Å². The van der Waals surface area contributed by atoms with E-state index in [-0.39, 0.29) is 5.69 Å². The Labute approximate surface area is 110 Å². The summed E-state index contributed by atoms with van der Waals surface area (Å²) in [6, 6.07) is 3.11. The van der Waals surface area contributed by atoms with E-state index >= 15 is 0 Å². The Morgan fingerprint density at radius 1 is 1.50 bits per heavy atom. The van der Waals surface area contributed by atoms with Crippen LogP contribution in [0.3, 0.4) is 0 Å². The van der Waals surface area contributed by atoms with Gasteiger partial charge in [0.05, 0.1) is 10.6 Å². The number of benzene rings is 1. The number of hydrogen-bond acceptors (Lipinski definition) is 3. The first-order chi connectivity index (χ1) is 8.54. The monoisotopic (exact) mass is 267 g/mol. The number of nitrogens with zero attached hydrogens (tertiary/aromatic N) is 3. The molecule has 1 aromatic carbocycles. The van der Waals surface area contributed by atoms with Gasteiger partial charge in [-0.2, -0.15) is 5.10 Å². The standard InChI is InChI=1S/C12H14ClN3O2/c1-3-4-5-15-12-10(8(2)14-15)6-9(13)7-11(12)16(17)18/h6-7H,3-5H2,1-2H3. The number of aryl methyl sites for hydroxylation is 2. The molecule has 1 heterocycles. The number of nitro groups is 1. The molecular weight excluding hydrogens is 254 g/mol. The SMILES string of the molecule is CCCCn1nc(C)c2cc(Cl)cc([N+](=O)[O-])c21. The highest BCUT2D eigenvalue weighted by Gasteiger charge is 2.20. The molecule has 0 unspecified atom stereocenters. The van der Waals surface area contributed by atoms with E-state index in [1.165, 1.54) is 6.07 Å². The Morgan fingerprint density at radius 2 is 2.22 bits per heavy atom. The van der Waals surface area contributed by atoms with E-state index in [0.717, 1.165) is 23.9 Å². The Morgan fingerprint density at radius 3 is 2.83 bits per heavy atom. The molecule has 0 aliphatic rings. The van der Waals surface area contributed by atoms with Crippen molar-refractivity contribution in [1.29, 1.82) is 0 Å². The molecule has 0 saturated heterocycles. The molecule has 0 amide bonds. The molecule has 2 aromatic rings. The number of aromatic nitrogens is 2. The van der Waals surface area contributed by atoms with Gasteiger partial charge >= 0.3 is 0 Å². The number of nitro benzene ring substituents is 1. The number of halogens is 1. The molecule has 96 valence electrons. The maximum atomic E-state index is 11.1. The van der Waals surface area contributed by atoms with E-state index in [0.29, 0.717) is 17.1 Å². The molecule has 0 fully saturated rings. The van der Waals surface area contributed by atoms with Gasteiger partial charge in [0.2, 0.25) is 0 Å². The van der Waals surface area contributed by atoms with Gasteiger partial charge in [0.15, 0.2) is 0 Å².